The molecule has 3 unspecified atom stereocenters. The first-order valence-corrected chi connectivity index (χ1v) is 4.76. The molecule has 2 aliphatic rings. The van der Waals surface area contributed by atoms with Crippen molar-refractivity contribution < 1.29 is 4.74 Å². The molecular formula is C11H16O. The lowest BCUT2D eigenvalue weighted by atomic mass is 9.92. The molecule has 1 nitrogen and oxygen atoms in total. The SMILES string of the molecule is C=COC1CC2C/C(=C\C)C1C2. The lowest BCUT2D eigenvalue weighted by Crippen LogP contribution is -2.19. The van der Waals surface area contributed by atoms with Crippen LogP contribution in [0.25, 0.3) is 0 Å². The number of allylic oxidation sites excluding steroid dienone is 1. The predicted molar refractivity (Wildman–Crippen MR) is 49.7 cm³/mol. The Morgan fingerprint density at radius 3 is 2.92 bits per heavy atom. The molecule has 2 saturated carbocycles. The summed E-state index contributed by atoms with van der Waals surface area (Å²) in [6.45, 7) is 5.76. The van der Waals surface area contributed by atoms with Gasteiger partial charge in [0.25, 0.3) is 0 Å². The topological polar surface area (TPSA) is 9.23 Å². The molecule has 1 heteroatoms. The third kappa shape index (κ3) is 1.08. The minimum absolute atomic E-state index is 0.437. The zero-order chi connectivity index (χ0) is 8.55. The summed E-state index contributed by atoms with van der Waals surface area (Å²) in [7, 11) is 0. The van der Waals surface area contributed by atoms with Crippen molar-refractivity contribution in [3.63, 3.8) is 0 Å². The highest BCUT2D eigenvalue weighted by Crippen LogP contribution is 2.49. The summed E-state index contributed by atoms with van der Waals surface area (Å²) < 4.78 is 5.49. The average Bonchev–Trinajstić information content (AvgIpc) is 2.62. The van der Waals surface area contributed by atoms with Crippen LogP contribution in [0.15, 0.2) is 24.5 Å². The van der Waals surface area contributed by atoms with Gasteiger partial charge in [0.2, 0.25) is 0 Å². The minimum atomic E-state index is 0.437. The summed E-state index contributed by atoms with van der Waals surface area (Å²) >= 11 is 0. The van der Waals surface area contributed by atoms with Crippen molar-refractivity contribution >= 4 is 0 Å². The van der Waals surface area contributed by atoms with Crippen molar-refractivity contribution in [2.24, 2.45) is 11.8 Å². The van der Waals surface area contributed by atoms with Crippen LogP contribution in [0.2, 0.25) is 0 Å². The lowest BCUT2D eigenvalue weighted by Gasteiger charge is -2.23. The predicted octanol–water partition coefficient (Wildman–Crippen LogP) is 2.89. The second-order valence-corrected chi connectivity index (χ2v) is 3.85. The fourth-order valence-corrected chi connectivity index (χ4v) is 2.75. The highest BCUT2D eigenvalue weighted by molar-refractivity contribution is 5.19. The van der Waals surface area contributed by atoms with E-state index >= 15 is 0 Å². The molecule has 0 aromatic carbocycles. The van der Waals surface area contributed by atoms with E-state index in [0.29, 0.717) is 12.0 Å². The van der Waals surface area contributed by atoms with Crippen LogP contribution in [0.4, 0.5) is 0 Å². The maximum absolute atomic E-state index is 5.49. The molecule has 0 amide bonds. The first-order chi connectivity index (χ1) is 5.85. The molecular weight excluding hydrogens is 148 g/mol. The highest BCUT2D eigenvalue weighted by Gasteiger charge is 2.43. The Bertz CT molecular complexity index is 217. The van der Waals surface area contributed by atoms with Gasteiger partial charge in [-0.25, -0.2) is 0 Å². The third-order valence-corrected chi connectivity index (χ3v) is 3.24. The zero-order valence-corrected chi connectivity index (χ0v) is 7.62. The van der Waals surface area contributed by atoms with E-state index in [0.717, 1.165) is 5.92 Å². The maximum Gasteiger partial charge on any atom is 0.105 e. The van der Waals surface area contributed by atoms with Crippen molar-refractivity contribution in [2.75, 3.05) is 0 Å². The first kappa shape index (κ1) is 7.90. The van der Waals surface area contributed by atoms with E-state index in [1.54, 1.807) is 11.8 Å². The number of hydrogen-bond acceptors (Lipinski definition) is 1. The fraction of sp³-hybridized carbons (Fsp3) is 0.636. The Kier molecular flexibility index (Phi) is 1.95. The molecule has 12 heavy (non-hydrogen) atoms. The Morgan fingerprint density at radius 2 is 2.33 bits per heavy atom. The first-order valence-electron chi connectivity index (χ1n) is 4.76. The van der Waals surface area contributed by atoms with Crippen molar-refractivity contribution in [1.29, 1.82) is 0 Å². The quantitative estimate of drug-likeness (QED) is 0.450. The number of hydrogen-bond donors (Lipinski definition) is 0. The molecule has 0 aliphatic heterocycles. The molecule has 0 N–H and O–H groups in total. The van der Waals surface area contributed by atoms with E-state index in [1.165, 1.54) is 19.3 Å². The molecule has 2 rings (SSSR count). The van der Waals surface area contributed by atoms with Crippen LogP contribution in [0, 0.1) is 11.8 Å². The largest absolute Gasteiger partial charge is 0.498 e. The van der Waals surface area contributed by atoms with Gasteiger partial charge in [0.1, 0.15) is 6.10 Å². The zero-order valence-electron chi connectivity index (χ0n) is 7.62. The Balaban J connectivity index is 2.09. The second-order valence-electron chi connectivity index (χ2n) is 3.85. The van der Waals surface area contributed by atoms with E-state index in [4.69, 9.17) is 4.74 Å². The molecule has 0 aromatic heterocycles. The minimum Gasteiger partial charge on any atom is -0.498 e. The molecule has 2 bridgehead atoms. The summed E-state index contributed by atoms with van der Waals surface area (Å²) in [6.07, 6.45) is 8.21. The molecule has 0 radical (unpaired) electrons. The van der Waals surface area contributed by atoms with Gasteiger partial charge in [-0.05, 0) is 32.1 Å². The number of ether oxygens (including phenoxy) is 1. The van der Waals surface area contributed by atoms with Crippen LogP contribution < -0.4 is 0 Å². The smallest absolute Gasteiger partial charge is 0.105 e. The van der Waals surface area contributed by atoms with Gasteiger partial charge in [0.05, 0.1) is 6.26 Å². The van der Waals surface area contributed by atoms with Gasteiger partial charge in [0.15, 0.2) is 0 Å². The van der Waals surface area contributed by atoms with Crippen LogP contribution in [-0.2, 0) is 4.74 Å². The average molecular weight is 164 g/mol. The van der Waals surface area contributed by atoms with Gasteiger partial charge >= 0.3 is 0 Å². The van der Waals surface area contributed by atoms with Gasteiger partial charge in [-0.2, -0.15) is 0 Å². The van der Waals surface area contributed by atoms with E-state index in [1.807, 2.05) is 0 Å². The van der Waals surface area contributed by atoms with Crippen molar-refractivity contribution in [2.45, 2.75) is 32.3 Å². The van der Waals surface area contributed by atoms with Gasteiger partial charge in [-0.3, -0.25) is 0 Å². The second kappa shape index (κ2) is 2.96. The summed E-state index contributed by atoms with van der Waals surface area (Å²) in [5.74, 6) is 1.60. The summed E-state index contributed by atoms with van der Waals surface area (Å²) in [6, 6.07) is 0. The molecule has 0 saturated heterocycles. The summed E-state index contributed by atoms with van der Waals surface area (Å²) in [5, 5.41) is 0. The standard InChI is InChI=1S/C11H16O/c1-3-9-5-8-6-10(9)11(7-8)12-4-2/h3-4,8,10-11H,2,5-7H2,1H3/b9-3+. The van der Waals surface area contributed by atoms with Crippen LogP contribution in [0.3, 0.4) is 0 Å². The highest BCUT2D eigenvalue weighted by atomic mass is 16.5. The molecule has 0 aromatic rings. The van der Waals surface area contributed by atoms with Crippen LogP contribution in [-0.4, -0.2) is 6.10 Å². The van der Waals surface area contributed by atoms with E-state index in [2.05, 4.69) is 19.6 Å². The third-order valence-electron chi connectivity index (χ3n) is 3.24. The van der Waals surface area contributed by atoms with Crippen LogP contribution >= 0.6 is 0 Å². The van der Waals surface area contributed by atoms with Crippen molar-refractivity contribution in [1.82, 2.24) is 0 Å². The van der Waals surface area contributed by atoms with Gasteiger partial charge in [0, 0.05) is 5.92 Å². The molecule has 2 aliphatic carbocycles. The molecule has 2 fully saturated rings. The fourth-order valence-electron chi connectivity index (χ4n) is 2.75. The van der Waals surface area contributed by atoms with Gasteiger partial charge in [-0.1, -0.05) is 18.2 Å². The Labute approximate surface area is 74.1 Å². The number of fused-ring (bicyclic) bond motifs is 2. The Hall–Kier alpha value is -0.720. The number of rotatable bonds is 2. The molecule has 0 spiro atoms. The molecule has 66 valence electrons. The maximum atomic E-state index is 5.49. The van der Waals surface area contributed by atoms with Crippen LogP contribution in [0.1, 0.15) is 26.2 Å². The summed E-state index contributed by atoms with van der Waals surface area (Å²) in [5.41, 5.74) is 1.61. The normalized spacial score (nSPS) is 42.1. The summed E-state index contributed by atoms with van der Waals surface area (Å²) in [4.78, 5) is 0. The van der Waals surface area contributed by atoms with Crippen molar-refractivity contribution in [3.05, 3.63) is 24.5 Å². The van der Waals surface area contributed by atoms with Gasteiger partial charge < -0.3 is 4.74 Å². The van der Waals surface area contributed by atoms with Crippen LogP contribution in [0.5, 0.6) is 0 Å². The van der Waals surface area contributed by atoms with E-state index < -0.39 is 0 Å². The van der Waals surface area contributed by atoms with E-state index in [9.17, 15) is 0 Å². The van der Waals surface area contributed by atoms with Gasteiger partial charge in [-0.15, -0.1) is 0 Å². The van der Waals surface area contributed by atoms with Crippen molar-refractivity contribution in [3.8, 4) is 0 Å². The Morgan fingerprint density at radius 1 is 1.50 bits per heavy atom. The lowest BCUT2D eigenvalue weighted by molar-refractivity contribution is 0.111. The monoisotopic (exact) mass is 164 g/mol. The van der Waals surface area contributed by atoms with E-state index in [-0.39, 0.29) is 0 Å². The molecule has 0 heterocycles. The molecule has 3 atom stereocenters.